The molecule has 3 heteroatoms. The van der Waals surface area contributed by atoms with E-state index in [1.807, 2.05) is 24.3 Å². The molecule has 66 valence electrons. The SMILES string of the molecule is OCC=Cc1ccc2[nH]ncc2c1. The molecule has 0 atom stereocenters. The molecule has 3 nitrogen and oxygen atoms in total. The molecule has 1 aromatic heterocycles. The quantitative estimate of drug-likeness (QED) is 0.726. The first-order chi connectivity index (χ1) is 6.40. The first kappa shape index (κ1) is 8.01. The van der Waals surface area contributed by atoms with Gasteiger partial charge in [-0.1, -0.05) is 18.2 Å². The average molecular weight is 174 g/mol. The summed E-state index contributed by atoms with van der Waals surface area (Å²) in [5, 5.41) is 16.5. The third-order valence-electron chi connectivity index (χ3n) is 1.88. The summed E-state index contributed by atoms with van der Waals surface area (Å²) in [6.45, 7) is 0.0728. The van der Waals surface area contributed by atoms with Crippen LogP contribution in [0.4, 0.5) is 0 Å². The maximum absolute atomic E-state index is 8.60. The van der Waals surface area contributed by atoms with E-state index in [0.717, 1.165) is 16.5 Å². The van der Waals surface area contributed by atoms with Gasteiger partial charge in [-0.25, -0.2) is 0 Å². The number of hydrogen-bond donors (Lipinski definition) is 2. The molecular weight excluding hydrogens is 164 g/mol. The summed E-state index contributed by atoms with van der Waals surface area (Å²) in [6, 6.07) is 5.97. The van der Waals surface area contributed by atoms with E-state index in [2.05, 4.69) is 10.2 Å². The predicted octanol–water partition coefficient (Wildman–Crippen LogP) is 1.57. The summed E-state index contributed by atoms with van der Waals surface area (Å²) in [5.41, 5.74) is 2.10. The summed E-state index contributed by atoms with van der Waals surface area (Å²) in [7, 11) is 0. The monoisotopic (exact) mass is 174 g/mol. The fraction of sp³-hybridized carbons (Fsp3) is 0.100. The van der Waals surface area contributed by atoms with Crippen molar-refractivity contribution in [2.75, 3.05) is 6.61 Å². The Hall–Kier alpha value is -1.61. The van der Waals surface area contributed by atoms with Gasteiger partial charge in [-0.15, -0.1) is 0 Å². The van der Waals surface area contributed by atoms with Crippen LogP contribution in [-0.2, 0) is 0 Å². The van der Waals surface area contributed by atoms with Gasteiger partial charge in [0.1, 0.15) is 0 Å². The van der Waals surface area contributed by atoms with Crippen molar-refractivity contribution in [3.63, 3.8) is 0 Å². The molecule has 0 unspecified atom stereocenters. The maximum Gasteiger partial charge on any atom is 0.0650 e. The lowest BCUT2D eigenvalue weighted by Crippen LogP contribution is -1.74. The van der Waals surface area contributed by atoms with Crippen LogP contribution < -0.4 is 0 Å². The van der Waals surface area contributed by atoms with Crippen LogP contribution >= 0.6 is 0 Å². The Bertz CT molecular complexity index is 431. The van der Waals surface area contributed by atoms with Crippen LogP contribution in [0, 0.1) is 0 Å². The Morgan fingerprint density at radius 2 is 2.38 bits per heavy atom. The number of aromatic amines is 1. The Kier molecular flexibility index (Phi) is 2.10. The summed E-state index contributed by atoms with van der Waals surface area (Å²) >= 11 is 0. The molecule has 0 bridgehead atoms. The molecule has 1 aromatic carbocycles. The number of benzene rings is 1. The van der Waals surface area contributed by atoms with Crippen LogP contribution in [0.15, 0.2) is 30.5 Å². The van der Waals surface area contributed by atoms with Crippen molar-refractivity contribution in [1.29, 1.82) is 0 Å². The van der Waals surface area contributed by atoms with Gasteiger partial charge >= 0.3 is 0 Å². The molecule has 0 fully saturated rings. The highest BCUT2D eigenvalue weighted by atomic mass is 16.2. The van der Waals surface area contributed by atoms with Gasteiger partial charge in [-0.2, -0.15) is 5.10 Å². The van der Waals surface area contributed by atoms with E-state index in [1.54, 1.807) is 12.3 Å². The molecule has 2 N–H and O–H groups in total. The van der Waals surface area contributed by atoms with Gasteiger partial charge in [0.05, 0.1) is 18.3 Å². The Balaban J connectivity index is 2.42. The van der Waals surface area contributed by atoms with E-state index < -0.39 is 0 Å². The molecule has 0 spiro atoms. The molecule has 1 heterocycles. The van der Waals surface area contributed by atoms with Crippen molar-refractivity contribution < 1.29 is 5.11 Å². The van der Waals surface area contributed by atoms with Gasteiger partial charge in [-0.05, 0) is 17.7 Å². The number of nitrogens with zero attached hydrogens (tertiary/aromatic N) is 1. The Labute approximate surface area is 75.7 Å². The van der Waals surface area contributed by atoms with Gasteiger partial charge in [0.15, 0.2) is 0 Å². The Morgan fingerprint density at radius 3 is 3.23 bits per heavy atom. The van der Waals surface area contributed by atoms with Crippen molar-refractivity contribution >= 4 is 17.0 Å². The van der Waals surface area contributed by atoms with Crippen LogP contribution in [0.2, 0.25) is 0 Å². The lowest BCUT2D eigenvalue weighted by atomic mass is 10.1. The second-order valence-corrected chi connectivity index (χ2v) is 2.80. The summed E-state index contributed by atoms with van der Waals surface area (Å²) < 4.78 is 0. The van der Waals surface area contributed by atoms with Crippen LogP contribution in [0.25, 0.3) is 17.0 Å². The largest absolute Gasteiger partial charge is 0.392 e. The zero-order chi connectivity index (χ0) is 9.10. The summed E-state index contributed by atoms with van der Waals surface area (Å²) in [5.74, 6) is 0. The van der Waals surface area contributed by atoms with Crippen molar-refractivity contribution in [3.05, 3.63) is 36.0 Å². The predicted molar refractivity (Wildman–Crippen MR) is 52.2 cm³/mol. The molecule has 0 aliphatic heterocycles. The first-order valence-corrected chi connectivity index (χ1v) is 4.10. The fourth-order valence-corrected chi connectivity index (χ4v) is 1.25. The number of aliphatic hydroxyl groups is 1. The van der Waals surface area contributed by atoms with Gasteiger partial charge in [0.25, 0.3) is 0 Å². The lowest BCUT2D eigenvalue weighted by molar-refractivity contribution is 0.343. The number of hydrogen-bond acceptors (Lipinski definition) is 2. The summed E-state index contributed by atoms with van der Waals surface area (Å²) in [4.78, 5) is 0. The molecule has 2 rings (SSSR count). The number of H-pyrrole nitrogens is 1. The molecule has 0 saturated heterocycles. The van der Waals surface area contributed by atoms with Crippen LogP contribution in [-0.4, -0.2) is 21.9 Å². The fourth-order valence-electron chi connectivity index (χ4n) is 1.25. The summed E-state index contributed by atoms with van der Waals surface area (Å²) in [6.07, 6.45) is 5.37. The minimum absolute atomic E-state index is 0.0728. The van der Waals surface area contributed by atoms with E-state index in [9.17, 15) is 0 Å². The highest BCUT2D eigenvalue weighted by Crippen LogP contribution is 2.13. The molecule has 0 aliphatic rings. The molecule has 0 radical (unpaired) electrons. The van der Waals surface area contributed by atoms with Crippen molar-refractivity contribution in [2.45, 2.75) is 0 Å². The lowest BCUT2D eigenvalue weighted by Gasteiger charge is -1.92. The molecule has 2 aromatic rings. The first-order valence-electron chi connectivity index (χ1n) is 4.10. The normalized spacial score (nSPS) is 11.5. The highest BCUT2D eigenvalue weighted by molar-refractivity contribution is 5.80. The van der Waals surface area contributed by atoms with Crippen molar-refractivity contribution in [2.24, 2.45) is 0 Å². The molecular formula is C10H10N2O. The average Bonchev–Trinajstić information content (AvgIpc) is 2.61. The zero-order valence-corrected chi connectivity index (χ0v) is 7.07. The second kappa shape index (κ2) is 3.41. The van der Waals surface area contributed by atoms with E-state index in [4.69, 9.17) is 5.11 Å². The van der Waals surface area contributed by atoms with E-state index in [1.165, 1.54) is 0 Å². The van der Waals surface area contributed by atoms with Crippen LogP contribution in [0.5, 0.6) is 0 Å². The number of rotatable bonds is 2. The number of aromatic nitrogens is 2. The number of fused-ring (bicyclic) bond motifs is 1. The van der Waals surface area contributed by atoms with Crippen molar-refractivity contribution in [1.82, 2.24) is 10.2 Å². The molecule has 13 heavy (non-hydrogen) atoms. The third-order valence-corrected chi connectivity index (χ3v) is 1.88. The highest BCUT2D eigenvalue weighted by Gasteiger charge is 1.94. The van der Waals surface area contributed by atoms with Gasteiger partial charge < -0.3 is 5.11 Å². The number of aliphatic hydroxyl groups excluding tert-OH is 1. The van der Waals surface area contributed by atoms with E-state index >= 15 is 0 Å². The van der Waals surface area contributed by atoms with Gasteiger partial charge in [-0.3, -0.25) is 5.10 Å². The minimum Gasteiger partial charge on any atom is -0.392 e. The zero-order valence-electron chi connectivity index (χ0n) is 7.07. The molecule has 0 saturated carbocycles. The number of nitrogens with one attached hydrogen (secondary N) is 1. The van der Waals surface area contributed by atoms with Crippen LogP contribution in [0.1, 0.15) is 5.56 Å². The maximum atomic E-state index is 8.60. The smallest absolute Gasteiger partial charge is 0.0650 e. The van der Waals surface area contributed by atoms with E-state index in [0.29, 0.717) is 0 Å². The van der Waals surface area contributed by atoms with Crippen molar-refractivity contribution in [3.8, 4) is 0 Å². The van der Waals surface area contributed by atoms with E-state index in [-0.39, 0.29) is 6.61 Å². The Morgan fingerprint density at radius 1 is 1.46 bits per heavy atom. The topological polar surface area (TPSA) is 48.9 Å². The third kappa shape index (κ3) is 1.60. The van der Waals surface area contributed by atoms with Crippen LogP contribution in [0.3, 0.4) is 0 Å². The second-order valence-electron chi connectivity index (χ2n) is 2.80. The van der Waals surface area contributed by atoms with Gasteiger partial charge in [0.2, 0.25) is 0 Å². The van der Waals surface area contributed by atoms with Gasteiger partial charge in [0, 0.05) is 5.39 Å². The molecule has 0 amide bonds. The standard InChI is InChI=1S/C10H10N2O/c13-5-1-2-8-3-4-10-9(6-8)7-11-12-10/h1-4,6-7,13H,5H2,(H,11,12). The molecule has 0 aliphatic carbocycles. The minimum atomic E-state index is 0.0728.